The van der Waals surface area contributed by atoms with E-state index in [-0.39, 0.29) is 11.0 Å². The molecule has 9 heteroatoms. The third-order valence-corrected chi connectivity index (χ3v) is 3.89. The van der Waals surface area contributed by atoms with Crippen molar-refractivity contribution in [1.29, 1.82) is 0 Å². The van der Waals surface area contributed by atoms with Crippen molar-refractivity contribution in [2.45, 2.75) is 36.1 Å². The fourth-order valence-corrected chi connectivity index (χ4v) is 2.31. The molecule has 0 aliphatic heterocycles. The molecule has 5 nitrogen and oxygen atoms in total. The molecule has 0 spiro atoms. The summed E-state index contributed by atoms with van der Waals surface area (Å²) < 4.78 is 3.33. The largest absolute Gasteiger partial charge is 0.497 e. The molecule has 0 radical (unpaired) electrons. The van der Waals surface area contributed by atoms with Gasteiger partial charge in [-0.15, -0.1) is 0 Å². The molecule has 1 aromatic carbocycles. The Morgan fingerprint density at radius 1 is 1.25 bits per heavy atom. The van der Waals surface area contributed by atoms with E-state index in [0.29, 0.717) is 6.42 Å². The van der Waals surface area contributed by atoms with Crippen LogP contribution in [0.2, 0.25) is 0 Å². The molecular formula is C15H20Cl3N3O2S. The summed E-state index contributed by atoms with van der Waals surface area (Å²) in [6.45, 7) is 1.99. The molecule has 0 saturated carbocycles. The molecular weight excluding hydrogens is 393 g/mol. The van der Waals surface area contributed by atoms with Crippen LogP contribution in [0.15, 0.2) is 24.3 Å². The molecule has 3 N–H and O–H groups in total. The SMILES string of the molecule is CCCCC(=O)NC(NC(=S)Nc1ccc(OC)cc1)C(Cl)(Cl)Cl. The molecule has 0 aliphatic carbocycles. The monoisotopic (exact) mass is 411 g/mol. The minimum Gasteiger partial charge on any atom is -0.497 e. The topological polar surface area (TPSA) is 62.4 Å². The molecule has 1 atom stereocenters. The number of hydrogen-bond donors (Lipinski definition) is 3. The van der Waals surface area contributed by atoms with Gasteiger partial charge >= 0.3 is 0 Å². The Hall–Kier alpha value is -0.950. The lowest BCUT2D eigenvalue weighted by Crippen LogP contribution is -2.56. The van der Waals surface area contributed by atoms with Gasteiger partial charge in [0.25, 0.3) is 0 Å². The summed E-state index contributed by atoms with van der Waals surface area (Å²) >= 11 is 22.9. The number of hydrogen-bond acceptors (Lipinski definition) is 3. The Bertz CT molecular complexity index is 550. The van der Waals surface area contributed by atoms with Crippen LogP contribution in [0, 0.1) is 0 Å². The number of unbranched alkanes of at least 4 members (excludes halogenated alkanes) is 1. The second kappa shape index (κ2) is 10.1. The fraction of sp³-hybridized carbons (Fsp3) is 0.467. The van der Waals surface area contributed by atoms with Gasteiger partial charge in [-0.3, -0.25) is 4.79 Å². The molecule has 1 unspecified atom stereocenters. The average molecular weight is 413 g/mol. The van der Waals surface area contributed by atoms with Crippen LogP contribution in [-0.2, 0) is 4.79 Å². The highest BCUT2D eigenvalue weighted by Gasteiger charge is 2.34. The predicted octanol–water partition coefficient (Wildman–Crippen LogP) is 3.98. The normalized spacial score (nSPS) is 12.2. The first-order chi connectivity index (χ1) is 11.3. The average Bonchev–Trinajstić information content (AvgIpc) is 2.52. The minimum absolute atomic E-state index is 0.215. The summed E-state index contributed by atoms with van der Waals surface area (Å²) in [6, 6.07) is 7.14. The van der Waals surface area contributed by atoms with Gasteiger partial charge in [0.2, 0.25) is 9.70 Å². The number of thiocarbonyl (C=S) groups is 1. The number of nitrogens with one attached hydrogen (secondary N) is 3. The number of anilines is 1. The molecule has 0 bridgehead atoms. The number of rotatable bonds is 7. The Balaban J connectivity index is 2.64. The van der Waals surface area contributed by atoms with Gasteiger partial charge in [0.05, 0.1) is 7.11 Å². The highest BCUT2D eigenvalue weighted by Crippen LogP contribution is 2.29. The van der Waals surface area contributed by atoms with Crippen molar-refractivity contribution in [1.82, 2.24) is 10.6 Å². The number of alkyl halides is 3. The van der Waals surface area contributed by atoms with Crippen LogP contribution >= 0.6 is 47.0 Å². The summed E-state index contributed by atoms with van der Waals surface area (Å²) in [5, 5.41) is 8.60. The zero-order valence-electron chi connectivity index (χ0n) is 13.4. The summed E-state index contributed by atoms with van der Waals surface area (Å²) in [6.07, 6.45) is 1.06. The van der Waals surface area contributed by atoms with Crippen molar-refractivity contribution in [3.63, 3.8) is 0 Å². The van der Waals surface area contributed by atoms with Crippen molar-refractivity contribution in [2.24, 2.45) is 0 Å². The Kier molecular flexibility index (Phi) is 8.91. The van der Waals surface area contributed by atoms with Gasteiger partial charge in [-0.05, 0) is 42.9 Å². The maximum Gasteiger partial charge on any atom is 0.228 e. The van der Waals surface area contributed by atoms with Crippen molar-refractivity contribution in [3.8, 4) is 5.75 Å². The van der Waals surface area contributed by atoms with Crippen molar-refractivity contribution in [3.05, 3.63) is 24.3 Å². The Morgan fingerprint density at radius 2 is 1.88 bits per heavy atom. The van der Waals surface area contributed by atoms with Crippen LogP contribution in [0.4, 0.5) is 5.69 Å². The standard InChI is InChI=1S/C15H20Cl3N3O2S/c1-3-4-5-12(22)20-13(15(16,17)18)21-14(24)19-10-6-8-11(23-2)9-7-10/h6-9,13H,3-5H2,1-2H3,(H,20,22)(H2,19,21,24). The van der Waals surface area contributed by atoms with E-state index >= 15 is 0 Å². The number of amides is 1. The number of methoxy groups -OCH3 is 1. The zero-order valence-corrected chi connectivity index (χ0v) is 16.5. The fourth-order valence-electron chi connectivity index (χ4n) is 1.74. The predicted molar refractivity (Wildman–Crippen MR) is 104 cm³/mol. The molecule has 0 aliphatic rings. The van der Waals surface area contributed by atoms with E-state index in [1.165, 1.54) is 0 Å². The number of carbonyl (C=O) groups excluding carboxylic acids is 1. The van der Waals surface area contributed by atoms with E-state index in [0.717, 1.165) is 24.3 Å². The maximum atomic E-state index is 11.9. The van der Waals surface area contributed by atoms with Gasteiger partial charge in [0.1, 0.15) is 11.9 Å². The molecule has 1 rings (SSSR count). The maximum absolute atomic E-state index is 11.9. The number of ether oxygens (including phenoxy) is 1. The highest BCUT2D eigenvalue weighted by molar-refractivity contribution is 7.80. The summed E-state index contributed by atoms with van der Waals surface area (Å²) in [5.41, 5.74) is 0.730. The molecule has 0 aromatic heterocycles. The molecule has 1 amide bonds. The van der Waals surface area contributed by atoms with E-state index in [1.54, 1.807) is 31.4 Å². The van der Waals surface area contributed by atoms with E-state index in [1.807, 2.05) is 6.92 Å². The van der Waals surface area contributed by atoms with Gasteiger partial charge in [-0.25, -0.2) is 0 Å². The summed E-state index contributed by atoms with van der Waals surface area (Å²) in [7, 11) is 1.58. The van der Waals surface area contributed by atoms with E-state index in [2.05, 4.69) is 16.0 Å². The molecule has 134 valence electrons. The first-order valence-corrected chi connectivity index (χ1v) is 8.88. The lowest BCUT2D eigenvalue weighted by Gasteiger charge is -2.27. The first kappa shape index (κ1) is 21.1. The van der Waals surface area contributed by atoms with Crippen molar-refractivity contribution < 1.29 is 9.53 Å². The van der Waals surface area contributed by atoms with E-state index in [9.17, 15) is 4.79 Å². The Labute approximate surface area is 162 Å². The number of carbonyl (C=O) groups is 1. The smallest absolute Gasteiger partial charge is 0.228 e. The van der Waals surface area contributed by atoms with Gasteiger partial charge in [-0.2, -0.15) is 0 Å². The number of halogens is 3. The molecule has 0 fully saturated rings. The minimum atomic E-state index is -1.76. The summed E-state index contributed by atoms with van der Waals surface area (Å²) in [4.78, 5) is 11.9. The number of benzene rings is 1. The first-order valence-electron chi connectivity index (χ1n) is 7.34. The van der Waals surface area contributed by atoms with E-state index < -0.39 is 9.96 Å². The third-order valence-electron chi connectivity index (χ3n) is 3.01. The lowest BCUT2D eigenvalue weighted by atomic mass is 10.2. The van der Waals surface area contributed by atoms with Crippen LogP contribution in [0.25, 0.3) is 0 Å². The van der Waals surface area contributed by atoms with Gasteiger partial charge < -0.3 is 20.7 Å². The molecule has 0 heterocycles. The van der Waals surface area contributed by atoms with Crippen LogP contribution < -0.4 is 20.7 Å². The summed E-state index contributed by atoms with van der Waals surface area (Å²) in [5.74, 6) is 0.509. The zero-order chi connectivity index (χ0) is 18.2. The lowest BCUT2D eigenvalue weighted by molar-refractivity contribution is -0.122. The highest BCUT2D eigenvalue weighted by atomic mass is 35.6. The van der Waals surface area contributed by atoms with Crippen molar-refractivity contribution in [2.75, 3.05) is 12.4 Å². The second-order valence-corrected chi connectivity index (χ2v) is 7.75. The quantitative estimate of drug-likeness (QED) is 0.359. The van der Waals surface area contributed by atoms with E-state index in [4.69, 9.17) is 51.8 Å². The van der Waals surface area contributed by atoms with Crippen LogP contribution in [0.5, 0.6) is 5.75 Å². The Morgan fingerprint density at radius 3 is 2.38 bits per heavy atom. The van der Waals surface area contributed by atoms with Crippen LogP contribution in [0.1, 0.15) is 26.2 Å². The molecule has 0 saturated heterocycles. The van der Waals surface area contributed by atoms with Gasteiger partial charge in [0.15, 0.2) is 5.11 Å². The third kappa shape index (κ3) is 7.75. The van der Waals surface area contributed by atoms with Gasteiger partial charge in [0, 0.05) is 12.1 Å². The van der Waals surface area contributed by atoms with Gasteiger partial charge in [-0.1, -0.05) is 48.1 Å². The van der Waals surface area contributed by atoms with Crippen LogP contribution in [-0.4, -0.2) is 28.1 Å². The second-order valence-electron chi connectivity index (χ2n) is 4.97. The molecule has 1 aromatic rings. The molecule has 24 heavy (non-hydrogen) atoms. The van der Waals surface area contributed by atoms with Crippen molar-refractivity contribution >= 4 is 63.7 Å². The van der Waals surface area contributed by atoms with Crippen LogP contribution in [0.3, 0.4) is 0 Å².